The van der Waals surface area contributed by atoms with Gasteiger partial charge in [-0.3, -0.25) is 9.36 Å². The number of hydrogen-bond donors (Lipinski definition) is 0. The van der Waals surface area contributed by atoms with Crippen molar-refractivity contribution in [2.75, 3.05) is 0 Å². The molecule has 0 saturated heterocycles. The smallest absolute Gasteiger partial charge is 0.297 e. The molecule has 3 heterocycles. The van der Waals surface area contributed by atoms with Crippen LogP contribution >= 0.6 is 0 Å². The second kappa shape index (κ2) is 10.7. The molecule has 0 aliphatic carbocycles. The Labute approximate surface area is 249 Å². The van der Waals surface area contributed by atoms with Gasteiger partial charge in [0, 0.05) is 17.8 Å². The Hall–Kier alpha value is -5.56. The number of benzene rings is 4. The van der Waals surface area contributed by atoms with Crippen molar-refractivity contribution in [3.63, 3.8) is 0 Å². The minimum absolute atomic E-state index is 0.0946. The standard InChI is InChI=1S/C36H30N6O/c1-26(2)41-33(27-15-7-3-8-16-27)39-42-32(23-37-34(42)35(41)43)31-24-40(25-38-31)36(28-17-9-4-10-18-28,29-19-11-5-12-20-29)30-21-13-6-14-22-30/h3-26H,1-2H3. The van der Waals surface area contributed by atoms with Crippen molar-refractivity contribution in [3.05, 3.63) is 167 Å². The zero-order chi connectivity index (χ0) is 29.4. The van der Waals surface area contributed by atoms with Gasteiger partial charge in [0.1, 0.15) is 16.9 Å². The van der Waals surface area contributed by atoms with Crippen molar-refractivity contribution in [3.8, 4) is 22.8 Å². The van der Waals surface area contributed by atoms with Gasteiger partial charge in [-0.05, 0) is 30.5 Å². The van der Waals surface area contributed by atoms with Gasteiger partial charge in [0.25, 0.3) is 5.56 Å². The second-order valence-electron chi connectivity index (χ2n) is 10.8. The molecule has 0 N–H and O–H groups in total. The predicted molar refractivity (Wildman–Crippen MR) is 169 cm³/mol. The van der Waals surface area contributed by atoms with Gasteiger partial charge in [-0.25, -0.2) is 14.5 Å². The summed E-state index contributed by atoms with van der Waals surface area (Å²) in [5.41, 5.74) is 4.81. The Balaban J connectivity index is 1.48. The van der Waals surface area contributed by atoms with Crippen molar-refractivity contribution in [2.24, 2.45) is 0 Å². The quantitative estimate of drug-likeness (QED) is 0.199. The first kappa shape index (κ1) is 26.3. The highest BCUT2D eigenvalue weighted by Crippen LogP contribution is 2.41. The highest BCUT2D eigenvalue weighted by molar-refractivity contribution is 5.62. The van der Waals surface area contributed by atoms with Crippen molar-refractivity contribution < 1.29 is 0 Å². The monoisotopic (exact) mass is 562 g/mol. The van der Waals surface area contributed by atoms with Crippen LogP contribution in [-0.2, 0) is 5.54 Å². The fourth-order valence-electron chi connectivity index (χ4n) is 6.00. The molecule has 0 bridgehead atoms. The molecule has 0 amide bonds. The van der Waals surface area contributed by atoms with E-state index in [9.17, 15) is 4.79 Å². The predicted octanol–water partition coefficient (Wildman–Crippen LogP) is 6.84. The molecular formula is C36H30N6O. The lowest BCUT2D eigenvalue weighted by Gasteiger charge is -2.37. The molecule has 210 valence electrons. The fraction of sp³-hybridized carbons (Fsp3) is 0.111. The molecular weight excluding hydrogens is 532 g/mol. The zero-order valence-corrected chi connectivity index (χ0v) is 23.9. The lowest BCUT2D eigenvalue weighted by Crippen LogP contribution is -2.36. The van der Waals surface area contributed by atoms with E-state index in [4.69, 9.17) is 10.1 Å². The van der Waals surface area contributed by atoms with Gasteiger partial charge in [0.15, 0.2) is 5.82 Å². The third-order valence-electron chi connectivity index (χ3n) is 7.93. The van der Waals surface area contributed by atoms with Crippen LogP contribution in [-0.4, -0.2) is 28.7 Å². The summed E-state index contributed by atoms with van der Waals surface area (Å²) >= 11 is 0. The van der Waals surface area contributed by atoms with Crippen LogP contribution < -0.4 is 5.56 Å². The summed E-state index contributed by atoms with van der Waals surface area (Å²) in [6.45, 7) is 3.96. The van der Waals surface area contributed by atoms with E-state index in [-0.39, 0.29) is 17.2 Å². The van der Waals surface area contributed by atoms with Crippen LogP contribution in [0.15, 0.2) is 145 Å². The number of aromatic nitrogens is 6. The topological polar surface area (TPSA) is 70.0 Å². The van der Waals surface area contributed by atoms with E-state index in [1.54, 1.807) is 15.3 Å². The van der Waals surface area contributed by atoms with E-state index in [2.05, 4.69) is 82.3 Å². The van der Waals surface area contributed by atoms with Gasteiger partial charge in [0.05, 0.1) is 12.5 Å². The van der Waals surface area contributed by atoms with E-state index >= 15 is 0 Å². The van der Waals surface area contributed by atoms with E-state index in [1.165, 1.54) is 0 Å². The van der Waals surface area contributed by atoms with Gasteiger partial charge in [-0.15, -0.1) is 5.10 Å². The molecule has 0 spiro atoms. The summed E-state index contributed by atoms with van der Waals surface area (Å²) in [6.07, 6.45) is 5.56. The molecule has 7 nitrogen and oxygen atoms in total. The Kier molecular flexibility index (Phi) is 6.55. The minimum atomic E-state index is -0.706. The maximum atomic E-state index is 13.7. The number of nitrogens with zero attached hydrogens (tertiary/aromatic N) is 6. The fourth-order valence-corrected chi connectivity index (χ4v) is 6.00. The Bertz CT molecular complexity index is 1960. The van der Waals surface area contributed by atoms with E-state index < -0.39 is 5.54 Å². The maximum absolute atomic E-state index is 13.7. The molecule has 7 aromatic rings. The zero-order valence-electron chi connectivity index (χ0n) is 23.9. The first-order chi connectivity index (χ1) is 21.1. The third-order valence-corrected chi connectivity index (χ3v) is 7.93. The van der Waals surface area contributed by atoms with E-state index in [0.29, 0.717) is 17.2 Å². The molecule has 0 unspecified atom stereocenters. The van der Waals surface area contributed by atoms with Crippen LogP contribution in [0.3, 0.4) is 0 Å². The average Bonchev–Trinajstić information content (AvgIpc) is 3.71. The van der Waals surface area contributed by atoms with Gasteiger partial charge in [-0.2, -0.15) is 0 Å². The minimum Gasteiger partial charge on any atom is -0.318 e. The van der Waals surface area contributed by atoms with Crippen molar-refractivity contribution in [2.45, 2.75) is 25.4 Å². The van der Waals surface area contributed by atoms with Gasteiger partial charge in [-0.1, -0.05) is 121 Å². The first-order valence-electron chi connectivity index (χ1n) is 14.4. The van der Waals surface area contributed by atoms with Crippen LogP contribution in [0.2, 0.25) is 0 Å². The van der Waals surface area contributed by atoms with Crippen molar-refractivity contribution >= 4 is 5.65 Å². The highest BCUT2D eigenvalue weighted by atomic mass is 16.1. The lowest BCUT2D eigenvalue weighted by atomic mass is 9.77. The van der Waals surface area contributed by atoms with Crippen LogP contribution in [0.5, 0.6) is 0 Å². The Morgan fingerprint density at radius 3 is 1.70 bits per heavy atom. The Morgan fingerprint density at radius 1 is 0.674 bits per heavy atom. The van der Waals surface area contributed by atoms with Gasteiger partial charge >= 0.3 is 0 Å². The summed E-state index contributed by atoms with van der Waals surface area (Å²) in [6, 6.07) is 41.0. The van der Waals surface area contributed by atoms with E-state index in [1.807, 2.05) is 74.9 Å². The summed E-state index contributed by atoms with van der Waals surface area (Å²) in [5.74, 6) is 0.582. The molecule has 7 heteroatoms. The normalized spacial score (nSPS) is 11.8. The highest BCUT2D eigenvalue weighted by Gasteiger charge is 2.38. The van der Waals surface area contributed by atoms with E-state index in [0.717, 1.165) is 22.3 Å². The SMILES string of the molecule is CC(C)n1c(-c2ccccc2)nn2c(-c3cn(C(c4ccccc4)(c4ccccc4)c4ccccc4)cn3)cnc2c1=O. The van der Waals surface area contributed by atoms with Crippen molar-refractivity contribution in [1.29, 1.82) is 0 Å². The molecule has 43 heavy (non-hydrogen) atoms. The summed E-state index contributed by atoms with van der Waals surface area (Å²) in [4.78, 5) is 23.2. The largest absolute Gasteiger partial charge is 0.318 e. The number of rotatable bonds is 7. The second-order valence-corrected chi connectivity index (χ2v) is 10.8. The average molecular weight is 563 g/mol. The Morgan fingerprint density at radius 2 is 1.19 bits per heavy atom. The molecule has 4 aromatic carbocycles. The summed E-state index contributed by atoms with van der Waals surface area (Å²) < 4.78 is 5.48. The molecule has 0 saturated carbocycles. The molecule has 3 aromatic heterocycles. The van der Waals surface area contributed by atoms with Crippen LogP contribution in [0, 0.1) is 0 Å². The number of imidazole rings is 2. The lowest BCUT2D eigenvalue weighted by molar-refractivity contribution is 0.515. The van der Waals surface area contributed by atoms with Gasteiger partial charge in [0.2, 0.25) is 5.65 Å². The molecule has 0 radical (unpaired) electrons. The van der Waals surface area contributed by atoms with Crippen LogP contribution in [0.4, 0.5) is 0 Å². The van der Waals surface area contributed by atoms with Gasteiger partial charge < -0.3 is 4.57 Å². The maximum Gasteiger partial charge on any atom is 0.297 e. The van der Waals surface area contributed by atoms with Crippen molar-refractivity contribution in [1.82, 2.24) is 28.7 Å². The first-order valence-corrected chi connectivity index (χ1v) is 14.4. The van der Waals surface area contributed by atoms with Crippen LogP contribution in [0.25, 0.3) is 28.4 Å². The molecule has 0 aliphatic rings. The number of fused-ring (bicyclic) bond motifs is 1. The summed E-state index contributed by atoms with van der Waals surface area (Å²) in [5, 5.41) is 4.98. The molecule has 7 rings (SSSR count). The third kappa shape index (κ3) is 4.28. The molecule has 0 aliphatic heterocycles. The molecule has 0 atom stereocenters. The molecule has 0 fully saturated rings. The van der Waals surface area contributed by atoms with Crippen LogP contribution in [0.1, 0.15) is 36.6 Å². The summed E-state index contributed by atoms with van der Waals surface area (Å²) in [7, 11) is 0. The number of hydrogen-bond acceptors (Lipinski definition) is 4.